The second-order valence-corrected chi connectivity index (χ2v) is 3.69. The van der Waals surface area contributed by atoms with Crippen molar-refractivity contribution in [1.29, 1.82) is 0 Å². The van der Waals surface area contributed by atoms with Crippen molar-refractivity contribution in [3.63, 3.8) is 0 Å². The zero-order chi connectivity index (χ0) is 10.9. The van der Waals surface area contributed by atoms with E-state index in [1.807, 2.05) is 0 Å². The molecule has 1 aromatic carbocycles. The van der Waals surface area contributed by atoms with Crippen LogP contribution in [0.2, 0.25) is 0 Å². The third-order valence-electron chi connectivity index (χ3n) is 1.56. The van der Waals surface area contributed by atoms with Crippen LogP contribution in [0.1, 0.15) is 15.9 Å². The summed E-state index contributed by atoms with van der Waals surface area (Å²) in [6.45, 7) is 0. The van der Waals surface area contributed by atoms with E-state index in [0.29, 0.717) is 0 Å². The summed E-state index contributed by atoms with van der Waals surface area (Å²) < 4.78 is 37.3. The van der Waals surface area contributed by atoms with Crippen LogP contribution in [0.5, 0.6) is 0 Å². The first-order valence-corrected chi connectivity index (χ1v) is 4.57. The molecule has 0 bridgehead atoms. The second kappa shape index (κ2) is 3.76. The van der Waals surface area contributed by atoms with Gasteiger partial charge in [-0.25, -0.2) is 0 Å². The average molecular weight is 315 g/mol. The summed E-state index contributed by atoms with van der Waals surface area (Å²) in [6, 6.07) is 3.69. The lowest BCUT2D eigenvalue weighted by Crippen LogP contribution is -2.20. The first-order chi connectivity index (χ1) is 6.34. The highest BCUT2D eigenvalue weighted by Crippen LogP contribution is 2.35. The Morgan fingerprint density at radius 3 is 2.29 bits per heavy atom. The van der Waals surface area contributed by atoms with Crippen LogP contribution in [-0.2, 0) is 6.18 Å². The smallest absolute Gasteiger partial charge is 0.366 e. The summed E-state index contributed by atoms with van der Waals surface area (Å²) in [7, 11) is 0. The van der Waals surface area contributed by atoms with Crippen LogP contribution >= 0.6 is 22.6 Å². The summed E-state index contributed by atoms with van der Waals surface area (Å²) in [5.74, 6) is -1.07. The van der Waals surface area contributed by atoms with Gasteiger partial charge in [-0.2, -0.15) is 13.2 Å². The molecule has 2 nitrogen and oxygen atoms in total. The normalized spacial score (nSPS) is 11.4. The van der Waals surface area contributed by atoms with Gasteiger partial charge in [0.1, 0.15) is 0 Å². The fraction of sp³-hybridized carbons (Fsp3) is 0.125. The highest BCUT2D eigenvalue weighted by atomic mass is 127. The Labute approximate surface area is 91.4 Å². The zero-order valence-electron chi connectivity index (χ0n) is 6.73. The van der Waals surface area contributed by atoms with Gasteiger partial charge in [-0.3, -0.25) is 4.79 Å². The lowest BCUT2D eigenvalue weighted by atomic mass is 10.1. The molecule has 0 saturated heterocycles. The topological polar surface area (TPSA) is 43.1 Å². The number of carbonyl (C=O) groups excluding carboxylic acids is 1. The van der Waals surface area contributed by atoms with Crippen LogP contribution in [0, 0.1) is 3.57 Å². The number of hydrogen-bond acceptors (Lipinski definition) is 1. The number of nitrogens with two attached hydrogens (primary N) is 1. The number of carbonyl (C=O) groups is 1. The van der Waals surface area contributed by atoms with Gasteiger partial charge >= 0.3 is 6.18 Å². The fourth-order valence-electron chi connectivity index (χ4n) is 1.02. The fourth-order valence-corrected chi connectivity index (χ4v) is 1.82. The maximum Gasteiger partial charge on any atom is 0.418 e. The summed E-state index contributed by atoms with van der Waals surface area (Å²) in [5.41, 5.74) is 3.38. The predicted octanol–water partition coefficient (Wildman–Crippen LogP) is 2.41. The quantitative estimate of drug-likeness (QED) is 0.795. The molecule has 1 aromatic rings. The molecule has 76 valence electrons. The zero-order valence-corrected chi connectivity index (χ0v) is 8.89. The van der Waals surface area contributed by atoms with Crippen molar-refractivity contribution >= 4 is 28.5 Å². The average Bonchev–Trinajstić information content (AvgIpc) is 2.01. The molecule has 0 radical (unpaired) electrons. The largest absolute Gasteiger partial charge is 0.418 e. The van der Waals surface area contributed by atoms with Gasteiger partial charge in [0, 0.05) is 3.57 Å². The summed E-state index contributed by atoms with van der Waals surface area (Å²) in [6.07, 6.45) is -4.55. The Morgan fingerprint density at radius 2 is 1.93 bits per heavy atom. The Morgan fingerprint density at radius 1 is 1.36 bits per heavy atom. The second-order valence-electron chi connectivity index (χ2n) is 2.52. The number of benzene rings is 1. The highest BCUT2D eigenvalue weighted by molar-refractivity contribution is 14.1. The predicted molar refractivity (Wildman–Crippen MR) is 52.7 cm³/mol. The number of halogens is 4. The Kier molecular flexibility index (Phi) is 3.03. The molecule has 0 spiro atoms. The van der Waals surface area contributed by atoms with E-state index in [-0.39, 0.29) is 3.57 Å². The number of hydrogen-bond donors (Lipinski definition) is 1. The molecule has 0 aromatic heterocycles. The van der Waals surface area contributed by atoms with Crippen molar-refractivity contribution in [3.05, 3.63) is 32.9 Å². The van der Waals surface area contributed by atoms with Crippen LogP contribution in [0.3, 0.4) is 0 Å². The molecule has 1 amide bonds. The molecule has 0 heterocycles. The van der Waals surface area contributed by atoms with E-state index < -0.39 is 23.2 Å². The van der Waals surface area contributed by atoms with E-state index >= 15 is 0 Å². The monoisotopic (exact) mass is 315 g/mol. The van der Waals surface area contributed by atoms with Crippen LogP contribution in [0.15, 0.2) is 18.2 Å². The third-order valence-corrected chi connectivity index (χ3v) is 2.46. The van der Waals surface area contributed by atoms with Gasteiger partial charge in [-0.15, -0.1) is 0 Å². The first-order valence-electron chi connectivity index (χ1n) is 3.49. The van der Waals surface area contributed by atoms with E-state index in [1.54, 1.807) is 0 Å². The Bertz CT molecular complexity index is 375. The number of alkyl halides is 3. The molecule has 0 fully saturated rings. The van der Waals surface area contributed by atoms with Gasteiger partial charge in [-0.05, 0) is 34.7 Å². The number of amides is 1. The summed E-state index contributed by atoms with van der Waals surface area (Å²) in [4.78, 5) is 10.7. The van der Waals surface area contributed by atoms with Crippen molar-refractivity contribution < 1.29 is 18.0 Å². The van der Waals surface area contributed by atoms with Crippen molar-refractivity contribution in [1.82, 2.24) is 0 Å². The molecular formula is C8H5F3INO. The van der Waals surface area contributed by atoms with E-state index in [1.165, 1.54) is 34.7 Å². The molecule has 0 atom stereocenters. The maximum atomic E-state index is 12.5. The standard InChI is InChI=1S/C8H5F3INO/c9-8(10,11)6-4(7(13)14)2-1-3-5(6)12/h1-3H,(H2,13,14). The van der Waals surface area contributed by atoms with E-state index in [9.17, 15) is 18.0 Å². The van der Waals surface area contributed by atoms with Crippen molar-refractivity contribution in [3.8, 4) is 0 Å². The van der Waals surface area contributed by atoms with Crippen molar-refractivity contribution in [2.75, 3.05) is 0 Å². The van der Waals surface area contributed by atoms with Crippen molar-refractivity contribution in [2.24, 2.45) is 5.73 Å². The Balaban J connectivity index is 3.45. The molecule has 1 rings (SSSR count). The van der Waals surface area contributed by atoms with Crippen LogP contribution in [0.4, 0.5) is 13.2 Å². The molecule has 6 heteroatoms. The third kappa shape index (κ3) is 2.17. The number of rotatable bonds is 1. The minimum Gasteiger partial charge on any atom is -0.366 e. The molecule has 14 heavy (non-hydrogen) atoms. The van der Waals surface area contributed by atoms with Crippen LogP contribution in [-0.4, -0.2) is 5.91 Å². The first kappa shape index (κ1) is 11.3. The minimum atomic E-state index is -4.55. The van der Waals surface area contributed by atoms with Gasteiger partial charge < -0.3 is 5.73 Å². The van der Waals surface area contributed by atoms with Gasteiger partial charge in [-0.1, -0.05) is 6.07 Å². The van der Waals surface area contributed by atoms with Gasteiger partial charge in [0.15, 0.2) is 0 Å². The molecular weight excluding hydrogens is 310 g/mol. The van der Waals surface area contributed by atoms with E-state index in [0.717, 1.165) is 6.07 Å². The van der Waals surface area contributed by atoms with Crippen LogP contribution in [0.25, 0.3) is 0 Å². The lowest BCUT2D eigenvalue weighted by molar-refractivity contribution is -0.138. The van der Waals surface area contributed by atoms with Crippen LogP contribution < -0.4 is 5.73 Å². The van der Waals surface area contributed by atoms with E-state index in [4.69, 9.17) is 5.73 Å². The SMILES string of the molecule is NC(=O)c1cccc(I)c1C(F)(F)F. The van der Waals surface area contributed by atoms with Gasteiger partial charge in [0.2, 0.25) is 5.91 Å². The molecule has 0 unspecified atom stereocenters. The molecule has 0 aliphatic heterocycles. The molecule has 0 aliphatic rings. The van der Waals surface area contributed by atoms with Gasteiger partial charge in [0.05, 0.1) is 11.1 Å². The highest BCUT2D eigenvalue weighted by Gasteiger charge is 2.36. The number of primary amides is 1. The minimum absolute atomic E-state index is 0.0357. The van der Waals surface area contributed by atoms with E-state index in [2.05, 4.69) is 0 Å². The molecule has 2 N–H and O–H groups in total. The maximum absolute atomic E-state index is 12.5. The molecule has 0 saturated carbocycles. The van der Waals surface area contributed by atoms with Crippen molar-refractivity contribution in [2.45, 2.75) is 6.18 Å². The Hall–Kier alpha value is -0.790. The molecule has 0 aliphatic carbocycles. The lowest BCUT2D eigenvalue weighted by Gasteiger charge is -2.12. The summed E-state index contributed by atoms with van der Waals surface area (Å²) >= 11 is 1.52. The van der Waals surface area contributed by atoms with Gasteiger partial charge in [0.25, 0.3) is 0 Å². The summed E-state index contributed by atoms with van der Waals surface area (Å²) in [5, 5.41) is 0.